The summed E-state index contributed by atoms with van der Waals surface area (Å²) in [6, 6.07) is 15.0. The number of amides is 1. The zero-order chi connectivity index (χ0) is 25.0. The highest BCUT2D eigenvalue weighted by molar-refractivity contribution is 6.00. The maximum atomic E-state index is 13.1. The van der Waals surface area contributed by atoms with Crippen LogP contribution >= 0.6 is 0 Å². The van der Waals surface area contributed by atoms with Gasteiger partial charge in [-0.25, -0.2) is 4.98 Å². The van der Waals surface area contributed by atoms with E-state index in [1.165, 1.54) is 0 Å². The molecule has 0 aliphatic carbocycles. The van der Waals surface area contributed by atoms with Crippen molar-refractivity contribution in [3.05, 3.63) is 65.5 Å². The average Bonchev–Trinajstić information content (AvgIpc) is 3.26. The minimum Gasteiger partial charge on any atom is -0.340 e. The van der Waals surface area contributed by atoms with Crippen molar-refractivity contribution in [2.24, 2.45) is 5.73 Å². The Morgan fingerprint density at radius 3 is 2.27 bits per heavy atom. The number of benzene rings is 2. The number of imidazole rings is 1. The predicted molar refractivity (Wildman–Crippen MR) is 135 cm³/mol. The number of nitrogens with two attached hydrogens (primary N) is 1. The molecule has 0 aliphatic heterocycles. The molecule has 1 atom stereocenters. The van der Waals surface area contributed by atoms with Crippen molar-refractivity contribution in [1.82, 2.24) is 19.8 Å². The molecule has 0 bridgehead atoms. The molecule has 2 aromatic carbocycles. The Labute approximate surface area is 197 Å². The summed E-state index contributed by atoms with van der Waals surface area (Å²) in [6.07, 6.45) is 8.64. The van der Waals surface area contributed by atoms with Gasteiger partial charge in [0.15, 0.2) is 5.78 Å². The maximum Gasteiger partial charge on any atom is 0.240 e. The number of carbonyl (C=O) groups excluding carboxylic acids is 2. The van der Waals surface area contributed by atoms with E-state index in [0.717, 1.165) is 16.6 Å². The number of H-pyrrole nitrogens is 1. The molecule has 0 spiro atoms. The van der Waals surface area contributed by atoms with Gasteiger partial charge in [0.1, 0.15) is 5.82 Å². The second kappa shape index (κ2) is 13.8. The van der Waals surface area contributed by atoms with Crippen LogP contribution in [0.25, 0.3) is 11.0 Å². The number of rotatable bonds is 8. The van der Waals surface area contributed by atoms with E-state index in [2.05, 4.69) is 22.8 Å². The van der Waals surface area contributed by atoms with Gasteiger partial charge in [-0.1, -0.05) is 44.2 Å². The van der Waals surface area contributed by atoms with Gasteiger partial charge in [-0.3, -0.25) is 14.5 Å². The topological polar surface area (TPSA) is 95.3 Å². The van der Waals surface area contributed by atoms with Gasteiger partial charge in [0.05, 0.1) is 30.2 Å². The van der Waals surface area contributed by atoms with Crippen molar-refractivity contribution in [1.29, 1.82) is 0 Å². The van der Waals surface area contributed by atoms with E-state index in [4.69, 9.17) is 5.73 Å². The van der Waals surface area contributed by atoms with Crippen molar-refractivity contribution in [2.45, 2.75) is 32.9 Å². The second-order valence-corrected chi connectivity index (χ2v) is 7.41. The summed E-state index contributed by atoms with van der Waals surface area (Å²) in [6.45, 7) is 4.32. The highest BCUT2D eigenvalue weighted by Crippen LogP contribution is 2.16. The van der Waals surface area contributed by atoms with Crippen LogP contribution in [0.15, 0.2) is 48.5 Å². The van der Waals surface area contributed by atoms with E-state index >= 15 is 0 Å². The molecule has 0 saturated heterocycles. The van der Waals surface area contributed by atoms with E-state index in [0.29, 0.717) is 24.4 Å². The average molecular weight is 450 g/mol. The van der Waals surface area contributed by atoms with E-state index in [1.54, 1.807) is 30.1 Å². The lowest BCUT2D eigenvalue weighted by Gasteiger charge is -2.28. The molecule has 3 N–H and O–H groups in total. The third-order valence-electron chi connectivity index (χ3n) is 4.98. The molecule has 0 aliphatic rings. The predicted octanol–water partition coefficient (Wildman–Crippen LogP) is 3.11. The van der Waals surface area contributed by atoms with Crippen LogP contribution in [-0.4, -0.2) is 65.2 Å². The number of carbonyl (C=O) groups is 2. The first-order chi connectivity index (χ1) is 15.9. The van der Waals surface area contributed by atoms with Crippen molar-refractivity contribution in [2.75, 3.05) is 27.7 Å². The van der Waals surface area contributed by atoms with Gasteiger partial charge in [0, 0.05) is 12.6 Å². The van der Waals surface area contributed by atoms with Crippen LogP contribution in [0.1, 0.15) is 35.6 Å². The zero-order valence-electron chi connectivity index (χ0n) is 20.2. The van der Waals surface area contributed by atoms with Gasteiger partial charge >= 0.3 is 0 Å². The van der Waals surface area contributed by atoms with Gasteiger partial charge in [-0.05, 0) is 44.3 Å². The summed E-state index contributed by atoms with van der Waals surface area (Å²) >= 11 is 0. The van der Waals surface area contributed by atoms with Crippen LogP contribution in [-0.2, 0) is 17.8 Å². The lowest BCUT2D eigenvalue weighted by Crippen LogP contribution is -2.45. The summed E-state index contributed by atoms with van der Waals surface area (Å²) in [7, 11) is 5.60. The first-order valence-corrected chi connectivity index (χ1v) is 10.9. The number of likely N-dealkylation sites (N-methyl/N-ethyl adjacent to an activating group) is 2. The minimum atomic E-state index is -0.263. The highest BCUT2D eigenvalue weighted by atomic mass is 16.2. The van der Waals surface area contributed by atoms with E-state index in [1.807, 2.05) is 63.2 Å². The summed E-state index contributed by atoms with van der Waals surface area (Å²) < 4.78 is 0. The van der Waals surface area contributed by atoms with Crippen LogP contribution in [0.3, 0.4) is 0 Å². The molecule has 1 aromatic heterocycles. The fourth-order valence-corrected chi connectivity index (χ4v) is 3.31. The first-order valence-electron chi connectivity index (χ1n) is 10.9. The lowest BCUT2D eigenvalue weighted by molar-refractivity contribution is -0.135. The molecular formula is C26H35N5O2. The third kappa shape index (κ3) is 7.56. The quantitative estimate of drug-likeness (QED) is 0.407. The molecule has 3 rings (SSSR count). The summed E-state index contributed by atoms with van der Waals surface area (Å²) in [4.78, 5) is 36.2. The number of aromatic amines is 1. The van der Waals surface area contributed by atoms with E-state index < -0.39 is 0 Å². The normalized spacial score (nSPS) is 11.1. The first kappa shape index (κ1) is 27.6. The van der Waals surface area contributed by atoms with Gasteiger partial charge in [-0.2, -0.15) is 0 Å². The monoisotopic (exact) mass is 449 g/mol. The lowest BCUT2D eigenvalue weighted by atomic mass is 10.0. The van der Waals surface area contributed by atoms with Crippen LogP contribution in [0.5, 0.6) is 0 Å². The number of terminal acetylenes is 1. The molecule has 0 fully saturated rings. The Morgan fingerprint density at radius 1 is 1.06 bits per heavy atom. The molecule has 0 unspecified atom stereocenters. The van der Waals surface area contributed by atoms with Crippen molar-refractivity contribution >= 4 is 22.7 Å². The van der Waals surface area contributed by atoms with Crippen LogP contribution in [0.2, 0.25) is 0 Å². The second-order valence-electron chi connectivity index (χ2n) is 7.41. The molecule has 3 aromatic rings. The molecule has 1 amide bonds. The van der Waals surface area contributed by atoms with Gasteiger partial charge < -0.3 is 15.6 Å². The molecule has 0 radical (unpaired) electrons. The van der Waals surface area contributed by atoms with Gasteiger partial charge in [0.2, 0.25) is 5.91 Å². The molecule has 0 saturated carbocycles. The van der Waals surface area contributed by atoms with E-state index in [-0.39, 0.29) is 24.3 Å². The smallest absolute Gasteiger partial charge is 0.240 e. The Bertz CT molecular complexity index is 1040. The number of aromatic nitrogens is 2. The summed E-state index contributed by atoms with van der Waals surface area (Å²) in [5, 5.41) is 0. The summed E-state index contributed by atoms with van der Waals surface area (Å²) in [5.41, 5.74) is 8.62. The maximum absolute atomic E-state index is 13.1. The molecule has 33 heavy (non-hydrogen) atoms. The van der Waals surface area contributed by atoms with Crippen LogP contribution < -0.4 is 5.73 Å². The third-order valence-corrected chi connectivity index (χ3v) is 4.98. The number of fused-ring (bicyclic) bond motifs is 1. The van der Waals surface area contributed by atoms with E-state index in [9.17, 15) is 9.59 Å². The minimum absolute atomic E-state index is 0.0262. The van der Waals surface area contributed by atoms with Crippen molar-refractivity contribution < 1.29 is 9.59 Å². The molecular weight excluding hydrogens is 414 g/mol. The highest BCUT2D eigenvalue weighted by Gasteiger charge is 2.25. The number of nitrogens with zero attached hydrogens (tertiary/aromatic N) is 3. The number of ketones is 1. The number of nitrogens with one attached hydrogen (secondary N) is 1. The van der Waals surface area contributed by atoms with Crippen molar-refractivity contribution in [3.63, 3.8) is 0 Å². The Hall–Kier alpha value is -3.47. The molecule has 7 nitrogen and oxygen atoms in total. The summed E-state index contributed by atoms with van der Waals surface area (Å²) in [5.74, 6) is 0.578. The SMILES string of the molecule is C#C.CC.CN(Cc1nc2ccc(C(=O)CN)cc2[nH]1)C(=O)[C@@H](Cc1ccccc1)N(C)C. The number of Topliss-reactive ketones (excluding diaryl/α,β-unsaturated/α-hetero) is 1. The molecule has 176 valence electrons. The molecule has 1 heterocycles. The van der Waals surface area contributed by atoms with Gasteiger partial charge in [0.25, 0.3) is 0 Å². The fourth-order valence-electron chi connectivity index (χ4n) is 3.31. The number of hydrogen-bond acceptors (Lipinski definition) is 5. The fraction of sp³-hybridized carbons (Fsp3) is 0.346. The zero-order valence-corrected chi connectivity index (χ0v) is 20.2. The van der Waals surface area contributed by atoms with Crippen molar-refractivity contribution in [3.8, 4) is 12.8 Å². The largest absolute Gasteiger partial charge is 0.340 e. The Balaban J connectivity index is 0.00000129. The van der Waals surface area contributed by atoms with Crippen LogP contribution in [0.4, 0.5) is 0 Å². The van der Waals surface area contributed by atoms with Crippen LogP contribution in [0, 0.1) is 12.8 Å². The Kier molecular flexibility index (Phi) is 11.6. The van der Waals surface area contributed by atoms with Gasteiger partial charge in [-0.15, -0.1) is 12.8 Å². The number of hydrogen-bond donors (Lipinski definition) is 2. The Morgan fingerprint density at radius 2 is 1.70 bits per heavy atom. The standard InChI is InChI=1S/C22H27N5O2.C2H6.C2H2/c1-26(2)19(11-15-7-5-4-6-8-15)22(29)27(3)14-21-24-17-10-9-16(20(28)13-23)12-18(17)25-21;2*1-2/h4-10,12,19H,11,13-14,23H2,1-3H3,(H,24,25);1-2H3;1-2H/t19-;;/m1../s1. The molecule has 7 heteroatoms.